The van der Waals surface area contributed by atoms with Crippen molar-refractivity contribution in [1.29, 1.82) is 0 Å². The minimum Gasteiger partial charge on any atom is -0.368 e. The molecule has 1 aliphatic carbocycles. The summed E-state index contributed by atoms with van der Waals surface area (Å²) in [6.45, 7) is 2.89. The van der Waals surface area contributed by atoms with Crippen LogP contribution in [0, 0.1) is 12.8 Å². The lowest BCUT2D eigenvalue weighted by Crippen LogP contribution is -2.27. The van der Waals surface area contributed by atoms with E-state index < -0.39 is 0 Å². The van der Waals surface area contributed by atoms with Crippen LogP contribution >= 0.6 is 11.6 Å². The lowest BCUT2D eigenvalue weighted by molar-refractivity contribution is 0.380. The van der Waals surface area contributed by atoms with E-state index in [9.17, 15) is 0 Å². The minimum absolute atomic E-state index is 0.299. The molecule has 1 fully saturated rings. The molecule has 0 bridgehead atoms. The predicted octanol–water partition coefficient (Wildman–Crippen LogP) is 3.25. The molecule has 102 valence electrons. The van der Waals surface area contributed by atoms with Gasteiger partial charge in [-0.3, -0.25) is 0 Å². The first kappa shape index (κ1) is 12.7. The van der Waals surface area contributed by atoms with Crippen molar-refractivity contribution in [3.8, 4) is 0 Å². The van der Waals surface area contributed by atoms with Crippen molar-refractivity contribution in [3.05, 3.63) is 24.2 Å². The van der Waals surface area contributed by atoms with Gasteiger partial charge in [0, 0.05) is 24.3 Å². The monoisotopic (exact) mass is 278 g/mol. The number of aryl methyl sites for hydroxylation is 1. The standard InChI is InChI=1S/C14H19ClN4/c1-10-8-13-14(16-6-7-19(13)18-10)17-9-11-4-2-3-5-12(11)15/h6-8,11-12H,2-5,9H2,1H3,(H,16,17). The van der Waals surface area contributed by atoms with E-state index in [1.807, 2.05) is 23.7 Å². The predicted molar refractivity (Wildman–Crippen MR) is 77.8 cm³/mol. The molecule has 0 amide bonds. The first-order chi connectivity index (χ1) is 9.24. The Labute approximate surface area is 118 Å². The molecule has 0 spiro atoms. The van der Waals surface area contributed by atoms with Crippen molar-refractivity contribution in [2.45, 2.75) is 38.0 Å². The van der Waals surface area contributed by atoms with Crippen molar-refractivity contribution in [2.24, 2.45) is 5.92 Å². The molecule has 1 aliphatic rings. The van der Waals surface area contributed by atoms with Gasteiger partial charge in [-0.2, -0.15) is 5.10 Å². The fraction of sp³-hybridized carbons (Fsp3) is 0.571. The molecule has 5 heteroatoms. The molecule has 1 saturated carbocycles. The molecule has 2 unspecified atom stereocenters. The Kier molecular flexibility index (Phi) is 3.60. The van der Waals surface area contributed by atoms with Gasteiger partial charge in [-0.25, -0.2) is 9.50 Å². The molecule has 2 aromatic heterocycles. The van der Waals surface area contributed by atoms with E-state index in [-0.39, 0.29) is 0 Å². The Morgan fingerprint density at radius 2 is 2.26 bits per heavy atom. The van der Waals surface area contributed by atoms with Crippen LogP contribution in [0.1, 0.15) is 31.4 Å². The lowest BCUT2D eigenvalue weighted by atomic mass is 9.89. The molecule has 2 atom stereocenters. The number of rotatable bonds is 3. The second-order valence-corrected chi connectivity index (χ2v) is 5.89. The van der Waals surface area contributed by atoms with Crippen molar-refractivity contribution >= 4 is 22.9 Å². The van der Waals surface area contributed by atoms with Gasteiger partial charge < -0.3 is 5.32 Å². The zero-order valence-electron chi connectivity index (χ0n) is 11.1. The number of alkyl halides is 1. The number of halogens is 1. The summed E-state index contributed by atoms with van der Waals surface area (Å²) in [5, 5.41) is 8.14. The number of aromatic nitrogens is 3. The van der Waals surface area contributed by atoms with Crippen LogP contribution in [0.25, 0.3) is 5.52 Å². The molecule has 0 radical (unpaired) electrons. The van der Waals surface area contributed by atoms with Crippen LogP contribution in [0.4, 0.5) is 5.82 Å². The quantitative estimate of drug-likeness (QED) is 0.877. The van der Waals surface area contributed by atoms with Gasteiger partial charge in [0.2, 0.25) is 0 Å². The fourth-order valence-electron chi connectivity index (χ4n) is 2.80. The number of nitrogens with one attached hydrogen (secondary N) is 1. The Morgan fingerprint density at radius 1 is 1.42 bits per heavy atom. The Morgan fingerprint density at radius 3 is 3.11 bits per heavy atom. The normalized spacial score (nSPS) is 23.7. The van der Waals surface area contributed by atoms with Crippen LogP contribution < -0.4 is 5.32 Å². The Bertz CT molecular complexity index is 566. The molecule has 2 aromatic rings. The summed E-state index contributed by atoms with van der Waals surface area (Å²) >= 11 is 6.39. The van der Waals surface area contributed by atoms with Gasteiger partial charge in [0.1, 0.15) is 5.52 Å². The van der Waals surface area contributed by atoms with E-state index in [2.05, 4.69) is 15.4 Å². The molecule has 2 heterocycles. The molecule has 4 nitrogen and oxygen atoms in total. The summed E-state index contributed by atoms with van der Waals surface area (Å²) in [6.07, 6.45) is 8.55. The van der Waals surface area contributed by atoms with Crippen LogP contribution in [0.15, 0.2) is 18.5 Å². The van der Waals surface area contributed by atoms with Gasteiger partial charge in [-0.15, -0.1) is 11.6 Å². The van der Waals surface area contributed by atoms with Crippen molar-refractivity contribution in [2.75, 3.05) is 11.9 Å². The molecule has 1 N–H and O–H groups in total. The molecule has 0 saturated heterocycles. The third kappa shape index (κ3) is 2.68. The van der Waals surface area contributed by atoms with Crippen molar-refractivity contribution in [3.63, 3.8) is 0 Å². The third-order valence-electron chi connectivity index (χ3n) is 3.86. The second-order valence-electron chi connectivity index (χ2n) is 5.33. The Balaban J connectivity index is 1.74. The largest absolute Gasteiger partial charge is 0.368 e. The molecule has 19 heavy (non-hydrogen) atoms. The van der Waals surface area contributed by atoms with Gasteiger partial charge in [-0.05, 0) is 31.7 Å². The lowest BCUT2D eigenvalue weighted by Gasteiger charge is -2.27. The SMILES string of the molecule is Cc1cc2c(NCC3CCCCC3Cl)nccn2n1. The minimum atomic E-state index is 0.299. The van der Waals surface area contributed by atoms with Gasteiger partial charge in [-0.1, -0.05) is 12.8 Å². The van der Waals surface area contributed by atoms with Crippen LogP contribution in [0.5, 0.6) is 0 Å². The first-order valence-corrected chi connectivity index (χ1v) is 7.36. The van der Waals surface area contributed by atoms with E-state index >= 15 is 0 Å². The summed E-state index contributed by atoms with van der Waals surface area (Å²) in [7, 11) is 0. The van der Waals surface area contributed by atoms with Crippen molar-refractivity contribution in [1.82, 2.24) is 14.6 Å². The number of nitrogens with zero attached hydrogens (tertiary/aromatic N) is 3. The topological polar surface area (TPSA) is 42.2 Å². The summed E-state index contributed by atoms with van der Waals surface area (Å²) in [5.74, 6) is 1.44. The average Bonchev–Trinajstić information content (AvgIpc) is 2.78. The average molecular weight is 279 g/mol. The van der Waals surface area contributed by atoms with E-state index in [0.29, 0.717) is 11.3 Å². The zero-order chi connectivity index (χ0) is 13.2. The van der Waals surface area contributed by atoms with Crippen LogP contribution in [-0.4, -0.2) is 26.5 Å². The number of fused-ring (bicyclic) bond motifs is 1. The van der Waals surface area contributed by atoms with Gasteiger partial charge in [0.25, 0.3) is 0 Å². The van der Waals surface area contributed by atoms with Crippen LogP contribution in [-0.2, 0) is 0 Å². The number of hydrogen-bond acceptors (Lipinski definition) is 3. The highest BCUT2D eigenvalue weighted by molar-refractivity contribution is 6.20. The fourth-order valence-corrected chi connectivity index (χ4v) is 3.17. The van der Waals surface area contributed by atoms with E-state index in [4.69, 9.17) is 11.6 Å². The number of anilines is 1. The maximum Gasteiger partial charge on any atom is 0.152 e. The zero-order valence-corrected chi connectivity index (χ0v) is 11.9. The van der Waals surface area contributed by atoms with E-state index in [0.717, 1.165) is 30.0 Å². The first-order valence-electron chi connectivity index (χ1n) is 6.93. The highest BCUT2D eigenvalue weighted by atomic mass is 35.5. The summed E-state index contributed by atoms with van der Waals surface area (Å²) in [4.78, 5) is 4.41. The molecule has 3 rings (SSSR count). The molecule has 0 aromatic carbocycles. The van der Waals surface area contributed by atoms with Crippen LogP contribution in [0.3, 0.4) is 0 Å². The maximum absolute atomic E-state index is 6.39. The van der Waals surface area contributed by atoms with Gasteiger partial charge in [0.15, 0.2) is 5.82 Å². The summed E-state index contributed by atoms with van der Waals surface area (Å²) in [6, 6.07) is 2.05. The highest BCUT2D eigenvalue weighted by Gasteiger charge is 2.23. The molecular weight excluding hydrogens is 260 g/mol. The number of hydrogen-bond donors (Lipinski definition) is 1. The van der Waals surface area contributed by atoms with E-state index in [1.54, 1.807) is 6.20 Å². The summed E-state index contributed by atoms with van der Waals surface area (Å²) < 4.78 is 1.86. The van der Waals surface area contributed by atoms with Crippen molar-refractivity contribution < 1.29 is 0 Å². The van der Waals surface area contributed by atoms with Gasteiger partial charge in [0.05, 0.1) is 5.69 Å². The molecule has 0 aliphatic heterocycles. The molecular formula is C14H19ClN4. The Hall–Kier alpha value is -1.29. The highest BCUT2D eigenvalue weighted by Crippen LogP contribution is 2.29. The maximum atomic E-state index is 6.39. The smallest absolute Gasteiger partial charge is 0.152 e. The second kappa shape index (κ2) is 5.37. The summed E-state index contributed by atoms with van der Waals surface area (Å²) in [5.41, 5.74) is 2.03. The van der Waals surface area contributed by atoms with Gasteiger partial charge >= 0.3 is 0 Å². The van der Waals surface area contributed by atoms with Crippen LogP contribution in [0.2, 0.25) is 0 Å². The third-order valence-corrected chi connectivity index (χ3v) is 4.43. The van der Waals surface area contributed by atoms with E-state index in [1.165, 1.54) is 19.3 Å².